The Labute approximate surface area is 203 Å². The van der Waals surface area contributed by atoms with Gasteiger partial charge in [-0.1, -0.05) is 20.8 Å². The number of hydrogen-bond donors (Lipinski definition) is 4. The maximum atomic E-state index is 12.2. The largest absolute Gasteiger partial charge is 0.548 e. The molecular formula is C27H44NO6-. The Morgan fingerprint density at radius 3 is 2.41 bits per heavy atom. The van der Waals surface area contributed by atoms with Gasteiger partial charge in [-0.25, -0.2) is 0 Å². The predicted molar refractivity (Wildman–Crippen MR) is 125 cm³/mol. The van der Waals surface area contributed by atoms with Crippen molar-refractivity contribution in [3.8, 4) is 0 Å². The van der Waals surface area contributed by atoms with Crippen LogP contribution in [0.2, 0.25) is 0 Å². The molecule has 194 valence electrons. The summed E-state index contributed by atoms with van der Waals surface area (Å²) in [5.74, 6) is -0.107. The summed E-state index contributed by atoms with van der Waals surface area (Å²) in [6, 6.07) is -1.01. The van der Waals surface area contributed by atoms with Crippen LogP contribution in [0.3, 0.4) is 0 Å². The van der Waals surface area contributed by atoms with Crippen molar-refractivity contribution in [1.29, 1.82) is 0 Å². The monoisotopic (exact) mass is 478 g/mol. The third-order valence-corrected chi connectivity index (χ3v) is 11.1. The van der Waals surface area contributed by atoms with Crippen LogP contribution in [0.15, 0.2) is 0 Å². The highest BCUT2D eigenvalue weighted by Crippen LogP contribution is 2.68. The van der Waals surface area contributed by atoms with Gasteiger partial charge >= 0.3 is 0 Å². The zero-order chi connectivity index (χ0) is 25.0. The van der Waals surface area contributed by atoms with E-state index in [-0.39, 0.29) is 58.9 Å². The molecule has 0 spiro atoms. The number of aliphatic carboxylic acids is 1. The number of carbonyl (C=O) groups excluding carboxylic acids is 2. The highest BCUT2D eigenvalue weighted by Gasteiger charge is 2.65. The predicted octanol–water partition coefficient (Wildman–Crippen LogP) is 1.62. The fourth-order valence-electron chi connectivity index (χ4n) is 9.06. The van der Waals surface area contributed by atoms with Gasteiger partial charge in [-0.3, -0.25) is 4.79 Å². The number of aliphatic hydroxyl groups excluding tert-OH is 3. The first-order chi connectivity index (χ1) is 15.9. The van der Waals surface area contributed by atoms with E-state index in [1.807, 2.05) is 0 Å². The highest BCUT2D eigenvalue weighted by atomic mass is 16.4. The zero-order valence-electron chi connectivity index (χ0n) is 21.2. The Hall–Kier alpha value is -1.18. The maximum absolute atomic E-state index is 12.2. The van der Waals surface area contributed by atoms with Crippen LogP contribution in [0.5, 0.6) is 0 Å². The van der Waals surface area contributed by atoms with E-state index in [0.29, 0.717) is 18.8 Å². The van der Waals surface area contributed by atoms with Crippen LogP contribution < -0.4 is 10.4 Å². The van der Waals surface area contributed by atoms with Gasteiger partial charge in [-0.05, 0) is 105 Å². The third kappa shape index (κ3) is 4.20. The van der Waals surface area contributed by atoms with Crippen molar-refractivity contribution in [3.05, 3.63) is 0 Å². The highest BCUT2D eigenvalue weighted by molar-refractivity contribution is 5.82. The first kappa shape index (κ1) is 25.9. The quantitative estimate of drug-likeness (QED) is 0.459. The molecule has 0 heterocycles. The molecule has 4 aliphatic rings. The average Bonchev–Trinajstić information content (AvgIpc) is 3.12. The van der Waals surface area contributed by atoms with E-state index >= 15 is 0 Å². The normalized spacial score (nSPS) is 47.6. The minimum atomic E-state index is -1.29. The molecule has 4 N–H and O–H groups in total. The second kappa shape index (κ2) is 9.36. The van der Waals surface area contributed by atoms with Gasteiger partial charge in [-0.15, -0.1) is 0 Å². The Bertz CT molecular complexity index is 789. The lowest BCUT2D eigenvalue weighted by Crippen LogP contribution is -2.62. The summed E-state index contributed by atoms with van der Waals surface area (Å²) in [5.41, 5.74) is -0.239. The number of carboxylic acids is 1. The molecule has 0 aromatic heterocycles. The van der Waals surface area contributed by atoms with Crippen molar-refractivity contribution in [2.24, 2.45) is 46.3 Å². The van der Waals surface area contributed by atoms with Gasteiger partial charge in [0, 0.05) is 6.42 Å². The smallest absolute Gasteiger partial charge is 0.220 e. The van der Waals surface area contributed by atoms with Gasteiger partial charge in [0.1, 0.15) is 0 Å². The maximum Gasteiger partial charge on any atom is 0.220 e. The SMILES string of the molecule is C[C@H](NC(=O)CC[C@@H](C)[C@H]1CC[C@H]2[C@@H]3[C@H](O)C[C@@H]4C[C@H](O)CC[C@]4(C)[C@H]3C[C@H](O)[C@]12C)C(=O)[O-]. The lowest BCUT2D eigenvalue weighted by Gasteiger charge is -2.63. The fraction of sp³-hybridized carbons (Fsp3) is 0.926. The number of rotatable bonds is 6. The summed E-state index contributed by atoms with van der Waals surface area (Å²) >= 11 is 0. The van der Waals surface area contributed by atoms with Gasteiger partial charge in [-0.2, -0.15) is 0 Å². The molecule has 0 radical (unpaired) electrons. The molecule has 0 unspecified atom stereocenters. The molecule has 0 bridgehead atoms. The van der Waals surface area contributed by atoms with E-state index in [1.54, 1.807) is 0 Å². The molecule has 4 rings (SSSR count). The number of nitrogens with one attached hydrogen (secondary N) is 1. The minimum absolute atomic E-state index is 0.0585. The molecule has 0 aromatic carbocycles. The number of carbonyl (C=O) groups is 2. The zero-order valence-corrected chi connectivity index (χ0v) is 21.2. The minimum Gasteiger partial charge on any atom is -0.548 e. The summed E-state index contributed by atoms with van der Waals surface area (Å²) in [7, 11) is 0. The van der Waals surface area contributed by atoms with E-state index in [0.717, 1.165) is 38.5 Å². The van der Waals surface area contributed by atoms with Crippen molar-refractivity contribution in [1.82, 2.24) is 5.32 Å². The standard InChI is InChI=1S/C27H45NO6/c1-14(5-8-23(32)28-15(2)25(33)34)18-6-7-19-24-20(13-22(31)27(18,19)4)26(3)10-9-17(29)11-16(26)12-21(24)30/h14-22,24,29-31H,5-13H2,1-4H3,(H,28,32)(H,33,34)/p-1/t14-,15+,16+,17-,18-,19+,20+,21-,22+,24+,26+,27-/m1/s1. The summed E-state index contributed by atoms with van der Waals surface area (Å²) in [6.07, 6.45) is 5.71. The molecule has 4 saturated carbocycles. The van der Waals surface area contributed by atoms with Crippen LogP contribution >= 0.6 is 0 Å². The average molecular weight is 479 g/mol. The number of amides is 1. The lowest BCUT2D eigenvalue weighted by molar-refractivity contribution is -0.307. The molecule has 0 saturated heterocycles. The third-order valence-electron chi connectivity index (χ3n) is 11.1. The first-order valence-electron chi connectivity index (χ1n) is 13.4. The Kier molecular flexibility index (Phi) is 7.13. The molecule has 7 nitrogen and oxygen atoms in total. The van der Waals surface area contributed by atoms with Gasteiger partial charge in [0.05, 0.1) is 30.3 Å². The molecule has 4 fully saturated rings. The van der Waals surface area contributed by atoms with Crippen molar-refractivity contribution < 1.29 is 30.0 Å². The fourth-order valence-corrected chi connectivity index (χ4v) is 9.06. The molecule has 1 amide bonds. The molecule has 0 aromatic rings. The first-order valence-corrected chi connectivity index (χ1v) is 13.4. The Balaban J connectivity index is 1.48. The lowest BCUT2D eigenvalue weighted by atomic mass is 9.43. The van der Waals surface area contributed by atoms with Gasteiger partial charge in [0.15, 0.2) is 0 Å². The van der Waals surface area contributed by atoms with Crippen LogP contribution in [-0.4, -0.2) is 51.5 Å². The summed E-state index contributed by atoms with van der Waals surface area (Å²) in [6.45, 7) is 8.09. The second-order valence-corrected chi connectivity index (χ2v) is 12.6. The number of carboxylic acid groups (broad SMARTS) is 1. The van der Waals surface area contributed by atoms with E-state index in [9.17, 15) is 30.0 Å². The van der Waals surface area contributed by atoms with Gasteiger partial charge in [0.25, 0.3) is 0 Å². The van der Waals surface area contributed by atoms with Gasteiger partial charge in [0.2, 0.25) is 5.91 Å². The Morgan fingerprint density at radius 1 is 1.03 bits per heavy atom. The molecule has 12 atom stereocenters. The van der Waals surface area contributed by atoms with Crippen molar-refractivity contribution >= 4 is 11.9 Å². The Morgan fingerprint density at radius 2 is 1.74 bits per heavy atom. The number of fused-ring (bicyclic) bond motifs is 5. The molecule has 34 heavy (non-hydrogen) atoms. The summed E-state index contributed by atoms with van der Waals surface area (Å²) in [4.78, 5) is 23.1. The van der Waals surface area contributed by atoms with Crippen LogP contribution in [-0.2, 0) is 9.59 Å². The molecule has 4 aliphatic carbocycles. The summed E-state index contributed by atoms with van der Waals surface area (Å²) in [5, 5.41) is 46.6. The van der Waals surface area contributed by atoms with Crippen LogP contribution in [0, 0.1) is 46.3 Å². The van der Waals surface area contributed by atoms with Crippen LogP contribution in [0.1, 0.15) is 85.5 Å². The van der Waals surface area contributed by atoms with Crippen LogP contribution in [0.4, 0.5) is 0 Å². The molecule has 0 aliphatic heterocycles. The van der Waals surface area contributed by atoms with Gasteiger partial charge < -0.3 is 30.5 Å². The molecular weight excluding hydrogens is 434 g/mol. The van der Waals surface area contributed by atoms with Crippen molar-refractivity contribution in [2.75, 3.05) is 0 Å². The topological polar surface area (TPSA) is 130 Å². The summed E-state index contributed by atoms with van der Waals surface area (Å²) < 4.78 is 0. The van der Waals surface area contributed by atoms with E-state index in [1.165, 1.54) is 6.92 Å². The van der Waals surface area contributed by atoms with E-state index < -0.39 is 24.2 Å². The number of hydrogen-bond acceptors (Lipinski definition) is 6. The van der Waals surface area contributed by atoms with Crippen LogP contribution in [0.25, 0.3) is 0 Å². The second-order valence-electron chi connectivity index (χ2n) is 12.6. The number of aliphatic hydroxyl groups is 3. The van der Waals surface area contributed by atoms with Crippen molar-refractivity contribution in [3.63, 3.8) is 0 Å². The van der Waals surface area contributed by atoms with Crippen molar-refractivity contribution in [2.45, 2.75) is 110 Å². The molecule has 7 heteroatoms. The van der Waals surface area contributed by atoms with E-state index in [4.69, 9.17) is 0 Å². The van der Waals surface area contributed by atoms with E-state index in [2.05, 4.69) is 26.1 Å².